The average Bonchev–Trinajstić information content (AvgIpc) is 3.19. The smallest absolute Gasteiger partial charge is 0.278 e. The van der Waals surface area contributed by atoms with Crippen molar-refractivity contribution in [2.45, 2.75) is 59.0 Å². The molecule has 0 saturated heterocycles. The van der Waals surface area contributed by atoms with Gasteiger partial charge in [-0.25, -0.2) is 0 Å². The molecule has 0 spiro atoms. The van der Waals surface area contributed by atoms with Gasteiger partial charge in [-0.2, -0.15) is 0 Å². The first kappa shape index (κ1) is 14.9. The minimum atomic E-state index is -0.308. The zero-order chi connectivity index (χ0) is 14.7. The molecule has 1 aliphatic carbocycles. The summed E-state index contributed by atoms with van der Waals surface area (Å²) in [4.78, 5) is 15.1. The number of rotatable bonds is 7. The van der Waals surface area contributed by atoms with E-state index < -0.39 is 0 Å². The van der Waals surface area contributed by atoms with Crippen LogP contribution in [-0.4, -0.2) is 15.9 Å². The summed E-state index contributed by atoms with van der Waals surface area (Å²) < 4.78 is 0. The van der Waals surface area contributed by atoms with E-state index in [1.165, 1.54) is 19.3 Å². The van der Waals surface area contributed by atoms with Gasteiger partial charge in [0.1, 0.15) is 0 Å². The van der Waals surface area contributed by atoms with E-state index in [9.17, 15) is 10.1 Å². The molecule has 0 aromatic carbocycles. The van der Waals surface area contributed by atoms with E-state index in [0.717, 1.165) is 18.0 Å². The van der Waals surface area contributed by atoms with Crippen LogP contribution in [0, 0.1) is 29.9 Å². The van der Waals surface area contributed by atoms with Crippen molar-refractivity contribution >= 4 is 5.69 Å². The molecule has 1 heterocycles. The third kappa shape index (κ3) is 3.54. The van der Waals surface area contributed by atoms with Crippen LogP contribution in [0.1, 0.15) is 49.4 Å². The maximum Gasteiger partial charge on any atom is 0.278 e. The molecule has 1 fully saturated rings. The molecule has 1 aromatic heterocycles. The molecule has 1 N–H and O–H groups in total. The van der Waals surface area contributed by atoms with Gasteiger partial charge in [0.15, 0.2) is 0 Å². The van der Waals surface area contributed by atoms with Gasteiger partial charge in [0.05, 0.1) is 10.6 Å². The Morgan fingerprint density at radius 3 is 2.75 bits per heavy atom. The van der Waals surface area contributed by atoms with Crippen molar-refractivity contribution in [3.05, 3.63) is 33.1 Å². The fourth-order valence-electron chi connectivity index (χ4n) is 2.62. The quantitative estimate of drug-likeness (QED) is 0.613. The van der Waals surface area contributed by atoms with Gasteiger partial charge in [0.2, 0.25) is 0 Å². The lowest BCUT2D eigenvalue weighted by molar-refractivity contribution is -0.386. The lowest BCUT2D eigenvalue weighted by atomic mass is 10.1. The number of aromatic nitrogens is 1. The number of pyridine rings is 1. The SMILES string of the molecule is CCC(CC1CC1)NCc1ncc(C)c([N+](=O)[O-])c1C. The van der Waals surface area contributed by atoms with Crippen LogP contribution in [-0.2, 0) is 6.54 Å². The first-order valence-electron chi connectivity index (χ1n) is 7.35. The van der Waals surface area contributed by atoms with E-state index in [1.54, 1.807) is 20.0 Å². The van der Waals surface area contributed by atoms with E-state index in [1.807, 2.05) is 0 Å². The highest BCUT2D eigenvalue weighted by Crippen LogP contribution is 2.34. The Morgan fingerprint density at radius 2 is 2.20 bits per heavy atom. The van der Waals surface area contributed by atoms with Gasteiger partial charge in [-0.1, -0.05) is 19.8 Å². The topological polar surface area (TPSA) is 68.1 Å². The van der Waals surface area contributed by atoms with Crippen LogP contribution in [0.15, 0.2) is 6.20 Å². The van der Waals surface area contributed by atoms with Crippen LogP contribution in [0.5, 0.6) is 0 Å². The predicted molar refractivity (Wildman–Crippen MR) is 78.6 cm³/mol. The number of nitro groups is 1. The molecule has 0 radical (unpaired) electrons. The van der Waals surface area contributed by atoms with Crippen molar-refractivity contribution < 1.29 is 4.92 Å². The molecule has 110 valence electrons. The van der Waals surface area contributed by atoms with Gasteiger partial charge >= 0.3 is 0 Å². The van der Waals surface area contributed by atoms with Crippen molar-refractivity contribution in [3.8, 4) is 0 Å². The second kappa shape index (κ2) is 6.31. The van der Waals surface area contributed by atoms with E-state index in [-0.39, 0.29) is 10.6 Å². The number of aryl methyl sites for hydroxylation is 1. The Hall–Kier alpha value is -1.49. The molecule has 20 heavy (non-hydrogen) atoms. The Labute approximate surface area is 119 Å². The van der Waals surface area contributed by atoms with E-state index >= 15 is 0 Å². The normalized spacial score (nSPS) is 16.1. The van der Waals surface area contributed by atoms with Crippen molar-refractivity contribution in [2.75, 3.05) is 0 Å². The molecule has 0 amide bonds. The van der Waals surface area contributed by atoms with Crippen LogP contribution in [0.3, 0.4) is 0 Å². The van der Waals surface area contributed by atoms with Crippen LogP contribution in [0.2, 0.25) is 0 Å². The van der Waals surface area contributed by atoms with Crippen LogP contribution in [0.4, 0.5) is 5.69 Å². The van der Waals surface area contributed by atoms with E-state index in [2.05, 4.69) is 17.2 Å². The Morgan fingerprint density at radius 1 is 1.50 bits per heavy atom. The largest absolute Gasteiger partial charge is 0.308 e. The maximum absolute atomic E-state index is 11.1. The Bertz CT molecular complexity index is 498. The van der Waals surface area contributed by atoms with Crippen molar-refractivity contribution in [2.24, 2.45) is 5.92 Å². The first-order chi connectivity index (χ1) is 9.52. The number of hydrogen-bond acceptors (Lipinski definition) is 4. The second-order valence-electron chi connectivity index (χ2n) is 5.78. The standard InChI is InChI=1S/C15H23N3O2/c1-4-13(7-12-5-6-12)16-9-14-11(3)15(18(19)20)10(2)8-17-14/h8,12-13,16H,4-7,9H2,1-3H3. The highest BCUT2D eigenvalue weighted by atomic mass is 16.6. The van der Waals surface area contributed by atoms with Gasteiger partial charge < -0.3 is 5.32 Å². The third-order valence-electron chi connectivity index (χ3n) is 4.12. The van der Waals surface area contributed by atoms with E-state index in [4.69, 9.17) is 0 Å². The predicted octanol–water partition coefficient (Wildman–Crippen LogP) is 3.27. The monoisotopic (exact) mass is 277 g/mol. The summed E-state index contributed by atoms with van der Waals surface area (Å²) in [6.45, 7) is 6.31. The van der Waals surface area contributed by atoms with Crippen molar-refractivity contribution in [3.63, 3.8) is 0 Å². The maximum atomic E-state index is 11.1. The van der Waals surface area contributed by atoms with Crippen molar-refractivity contribution in [1.82, 2.24) is 10.3 Å². The molecule has 1 atom stereocenters. The van der Waals surface area contributed by atoms with Crippen LogP contribution >= 0.6 is 0 Å². The van der Waals surface area contributed by atoms with Gasteiger partial charge in [-0.3, -0.25) is 15.1 Å². The zero-order valence-electron chi connectivity index (χ0n) is 12.5. The molecule has 5 heteroatoms. The third-order valence-corrected chi connectivity index (χ3v) is 4.12. The summed E-state index contributed by atoms with van der Waals surface area (Å²) in [5.74, 6) is 0.883. The summed E-state index contributed by atoms with van der Waals surface area (Å²) in [7, 11) is 0. The Kier molecular flexibility index (Phi) is 4.70. The lowest BCUT2D eigenvalue weighted by Crippen LogP contribution is -2.29. The molecule has 1 unspecified atom stereocenters. The van der Waals surface area contributed by atoms with E-state index in [0.29, 0.717) is 23.7 Å². The molecule has 1 aromatic rings. The summed E-state index contributed by atoms with van der Waals surface area (Å²) in [5, 5.41) is 14.6. The molecule has 1 saturated carbocycles. The lowest BCUT2D eigenvalue weighted by Gasteiger charge is -2.17. The zero-order valence-corrected chi connectivity index (χ0v) is 12.5. The number of nitrogens with one attached hydrogen (secondary N) is 1. The van der Waals surface area contributed by atoms with Crippen molar-refractivity contribution in [1.29, 1.82) is 0 Å². The Balaban J connectivity index is 2.04. The van der Waals surface area contributed by atoms with Gasteiger partial charge in [-0.05, 0) is 32.6 Å². The molecule has 1 aliphatic rings. The first-order valence-corrected chi connectivity index (χ1v) is 7.35. The summed E-state index contributed by atoms with van der Waals surface area (Å²) in [6, 6.07) is 0.490. The van der Waals surface area contributed by atoms with Crippen LogP contribution < -0.4 is 5.32 Å². The van der Waals surface area contributed by atoms with Crippen LogP contribution in [0.25, 0.3) is 0 Å². The fourth-order valence-corrected chi connectivity index (χ4v) is 2.62. The summed E-state index contributed by atoms with van der Waals surface area (Å²) in [5.41, 5.74) is 2.30. The molecular weight excluding hydrogens is 254 g/mol. The molecule has 0 aliphatic heterocycles. The molecule has 2 rings (SSSR count). The van der Waals surface area contributed by atoms with Gasteiger partial charge in [0.25, 0.3) is 5.69 Å². The summed E-state index contributed by atoms with van der Waals surface area (Å²) >= 11 is 0. The molecule has 5 nitrogen and oxygen atoms in total. The second-order valence-corrected chi connectivity index (χ2v) is 5.78. The molecule has 0 bridgehead atoms. The minimum Gasteiger partial charge on any atom is -0.308 e. The number of nitrogens with zero attached hydrogens (tertiary/aromatic N) is 2. The number of hydrogen-bond donors (Lipinski definition) is 1. The van der Waals surface area contributed by atoms with Gasteiger partial charge in [0, 0.05) is 29.9 Å². The minimum absolute atomic E-state index is 0.201. The highest BCUT2D eigenvalue weighted by Gasteiger charge is 2.25. The van der Waals surface area contributed by atoms with Gasteiger partial charge in [-0.15, -0.1) is 0 Å². The average molecular weight is 277 g/mol. The summed E-state index contributed by atoms with van der Waals surface area (Å²) in [6.07, 6.45) is 6.61. The fraction of sp³-hybridized carbons (Fsp3) is 0.667. The molecular formula is C15H23N3O2. The highest BCUT2D eigenvalue weighted by molar-refractivity contribution is 5.47.